The first kappa shape index (κ1) is 27.5. The van der Waals surface area contributed by atoms with E-state index in [1.54, 1.807) is 18.2 Å². The molecule has 2 aliphatic heterocycles. The van der Waals surface area contributed by atoms with E-state index >= 15 is 0 Å². The van der Waals surface area contributed by atoms with E-state index < -0.39 is 0 Å². The predicted molar refractivity (Wildman–Crippen MR) is 163 cm³/mol. The molecule has 2 saturated heterocycles. The van der Waals surface area contributed by atoms with Gasteiger partial charge in [0, 0.05) is 49.5 Å². The predicted octanol–water partition coefficient (Wildman–Crippen LogP) is 3.36. The lowest BCUT2D eigenvalue weighted by Gasteiger charge is -2.40. The number of fused-ring (bicyclic) bond motifs is 1. The normalized spacial score (nSPS) is 16.5. The Bertz CT molecular complexity index is 1620. The van der Waals surface area contributed by atoms with Crippen LogP contribution in [-0.4, -0.2) is 86.4 Å². The lowest BCUT2D eigenvalue weighted by molar-refractivity contribution is 0.0114. The second kappa shape index (κ2) is 11.7. The van der Waals surface area contributed by atoms with Crippen LogP contribution in [0, 0.1) is 6.92 Å². The number of aryl methyl sites for hydroxylation is 1. The van der Waals surface area contributed by atoms with Crippen molar-refractivity contribution in [3.63, 3.8) is 0 Å². The molecule has 1 amide bonds. The summed E-state index contributed by atoms with van der Waals surface area (Å²) in [6.45, 7) is 12.9. The standard InChI is InChI=1S/C29H35N11O2/c1-17(2)21-15-23(38-37-21)34-28(41)19-5-4-18(3)22(14-19)33-27-25-24(31-16-32-27)26(30)36-29(35-25)40-8-6-20(7-9-40)39-10-12-42-13-11-39/h4-5,14-16,20H,1,6-13H2,2-3H3,(H2,30,35,36)(H,31,32,33)(H2,34,37,38,41). The number of benzene rings is 1. The first-order chi connectivity index (χ1) is 20.4. The number of aromatic nitrogens is 6. The number of carbonyl (C=O) groups excluding carboxylic acids is 1. The third-order valence-electron chi connectivity index (χ3n) is 7.82. The van der Waals surface area contributed by atoms with Crippen molar-refractivity contribution in [2.45, 2.75) is 32.7 Å². The maximum absolute atomic E-state index is 13.0. The van der Waals surface area contributed by atoms with Crippen molar-refractivity contribution < 1.29 is 9.53 Å². The van der Waals surface area contributed by atoms with E-state index in [2.05, 4.69) is 52.2 Å². The Balaban J connectivity index is 1.22. The maximum atomic E-state index is 13.0. The Morgan fingerprint density at radius 3 is 2.62 bits per heavy atom. The van der Waals surface area contributed by atoms with Crippen molar-refractivity contribution in [1.82, 2.24) is 35.0 Å². The van der Waals surface area contributed by atoms with Gasteiger partial charge in [0.25, 0.3) is 5.91 Å². The summed E-state index contributed by atoms with van der Waals surface area (Å²) in [7, 11) is 0. The smallest absolute Gasteiger partial charge is 0.256 e. The van der Waals surface area contributed by atoms with E-state index in [1.165, 1.54) is 6.33 Å². The summed E-state index contributed by atoms with van der Waals surface area (Å²) in [5.74, 6) is 1.56. The minimum Gasteiger partial charge on any atom is -0.382 e. The molecule has 0 aliphatic carbocycles. The lowest BCUT2D eigenvalue weighted by atomic mass is 10.0. The number of nitrogens with two attached hydrogens (primary N) is 1. The van der Waals surface area contributed by atoms with E-state index in [9.17, 15) is 4.79 Å². The topological polar surface area (TPSA) is 163 Å². The highest BCUT2D eigenvalue weighted by Gasteiger charge is 2.27. The van der Waals surface area contributed by atoms with Crippen LogP contribution < -0.4 is 21.3 Å². The number of ether oxygens (including phenoxy) is 1. The van der Waals surface area contributed by atoms with Crippen molar-refractivity contribution in [2.75, 3.05) is 60.7 Å². The second-order valence-corrected chi connectivity index (χ2v) is 10.8. The van der Waals surface area contributed by atoms with Gasteiger partial charge in [0.1, 0.15) is 23.2 Å². The van der Waals surface area contributed by atoms with Crippen LogP contribution in [0.15, 0.2) is 37.2 Å². The van der Waals surface area contributed by atoms with Crippen LogP contribution in [-0.2, 0) is 4.74 Å². The van der Waals surface area contributed by atoms with Crippen LogP contribution in [0.1, 0.15) is 41.4 Å². The Morgan fingerprint density at radius 2 is 1.88 bits per heavy atom. The van der Waals surface area contributed by atoms with Gasteiger partial charge >= 0.3 is 0 Å². The molecule has 13 nitrogen and oxygen atoms in total. The quantitative estimate of drug-likeness (QED) is 0.258. The average molecular weight is 570 g/mol. The molecule has 0 bridgehead atoms. The Kier molecular flexibility index (Phi) is 7.68. The molecule has 42 heavy (non-hydrogen) atoms. The number of carbonyl (C=O) groups is 1. The number of hydrogen-bond acceptors (Lipinski definition) is 11. The van der Waals surface area contributed by atoms with Crippen molar-refractivity contribution >= 4 is 51.6 Å². The number of nitrogen functional groups attached to an aromatic ring is 1. The zero-order chi connectivity index (χ0) is 29.2. The number of nitrogens with zero attached hydrogens (tertiary/aromatic N) is 7. The van der Waals surface area contributed by atoms with Gasteiger partial charge < -0.3 is 26.0 Å². The number of piperidine rings is 1. The van der Waals surface area contributed by atoms with E-state index in [0.29, 0.717) is 57.4 Å². The van der Waals surface area contributed by atoms with Gasteiger partial charge in [-0.1, -0.05) is 12.6 Å². The second-order valence-electron chi connectivity index (χ2n) is 10.8. The number of anilines is 5. The van der Waals surface area contributed by atoms with Crippen molar-refractivity contribution in [3.8, 4) is 0 Å². The van der Waals surface area contributed by atoms with Crippen molar-refractivity contribution in [3.05, 3.63) is 54.0 Å². The number of H-pyrrole nitrogens is 1. The Morgan fingerprint density at radius 1 is 1.10 bits per heavy atom. The van der Waals surface area contributed by atoms with Gasteiger partial charge in [0.2, 0.25) is 5.95 Å². The average Bonchev–Trinajstić information content (AvgIpc) is 3.48. The number of amides is 1. The monoisotopic (exact) mass is 569 g/mol. The maximum Gasteiger partial charge on any atom is 0.256 e. The number of rotatable bonds is 7. The van der Waals surface area contributed by atoms with Gasteiger partial charge in [-0.3, -0.25) is 14.8 Å². The minimum atomic E-state index is -0.281. The molecule has 0 saturated carbocycles. The fourth-order valence-corrected chi connectivity index (χ4v) is 5.39. The summed E-state index contributed by atoms with van der Waals surface area (Å²) >= 11 is 0. The van der Waals surface area contributed by atoms with E-state index in [-0.39, 0.29) is 5.91 Å². The molecule has 2 fully saturated rings. The van der Waals surface area contributed by atoms with Crippen molar-refractivity contribution in [2.24, 2.45) is 0 Å². The first-order valence-electron chi connectivity index (χ1n) is 14.1. The van der Waals surface area contributed by atoms with Crippen LogP contribution in [0.3, 0.4) is 0 Å². The highest BCUT2D eigenvalue weighted by atomic mass is 16.5. The summed E-state index contributed by atoms with van der Waals surface area (Å²) in [6.07, 6.45) is 3.48. The van der Waals surface area contributed by atoms with Crippen molar-refractivity contribution in [1.29, 1.82) is 0 Å². The van der Waals surface area contributed by atoms with Crippen LogP contribution in [0.4, 0.5) is 29.1 Å². The summed E-state index contributed by atoms with van der Waals surface area (Å²) in [5.41, 5.74) is 11.0. The molecule has 2 aliphatic rings. The van der Waals surface area contributed by atoms with Gasteiger partial charge in [-0.05, 0) is 50.0 Å². The van der Waals surface area contributed by atoms with Gasteiger partial charge in [0.05, 0.1) is 18.9 Å². The van der Waals surface area contributed by atoms with Gasteiger partial charge in [0.15, 0.2) is 11.6 Å². The Hall–Kier alpha value is -4.62. The van der Waals surface area contributed by atoms with Crippen LogP contribution in [0.5, 0.6) is 0 Å². The first-order valence-corrected chi connectivity index (χ1v) is 14.1. The molecule has 1 aromatic carbocycles. The number of nitrogens with one attached hydrogen (secondary N) is 3. The zero-order valence-corrected chi connectivity index (χ0v) is 23.9. The summed E-state index contributed by atoms with van der Waals surface area (Å²) in [6, 6.07) is 7.70. The minimum absolute atomic E-state index is 0.281. The van der Waals surface area contributed by atoms with Gasteiger partial charge in [-0.15, -0.1) is 0 Å². The number of aromatic amines is 1. The van der Waals surface area contributed by atoms with Crippen LogP contribution in [0.2, 0.25) is 0 Å². The summed E-state index contributed by atoms with van der Waals surface area (Å²) in [4.78, 5) is 36.0. The molecule has 6 rings (SSSR count). The summed E-state index contributed by atoms with van der Waals surface area (Å²) in [5, 5.41) is 13.2. The SMILES string of the molecule is C=C(C)c1cc(NC(=O)c2ccc(C)c(Nc3ncnc4c(N)nc(N5CCC(N6CCOCC6)CC5)nc34)c2)[nH]n1. The molecule has 0 atom stereocenters. The molecule has 0 unspecified atom stereocenters. The molecule has 5 N–H and O–H groups in total. The molecule has 5 heterocycles. The summed E-state index contributed by atoms with van der Waals surface area (Å²) < 4.78 is 5.52. The molecule has 218 valence electrons. The number of morpholine rings is 1. The molecular weight excluding hydrogens is 534 g/mol. The third-order valence-corrected chi connectivity index (χ3v) is 7.82. The molecule has 0 radical (unpaired) electrons. The lowest BCUT2D eigenvalue weighted by Crippen LogP contribution is -2.49. The highest BCUT2D eigenvalue weighted by Crippen LogP contribution is 2.29. The fraction of sp³-hybridized carbons (Fsp3) is 0.379. The fourth-order valence-electron chi connectivity index (χ4n) is 5.39. The molecule has 3 aromatic heterocycles. The number of hydrogen-bond donors (Lipinski definition) is 4. The molecular formula is C29H35N11O2. The largest absolute Gasteiger partial charge is 0.382 e. The van der Waals surface area contributed by atoms with E-state index in [4.69, 9.17) is 15.5 Å². The van der Waals surface area contributed by atoms with E-state index in [0.717, 1.165) is 63.4 Å². The van der Waals surface area contributed by atoms with Gasteiger partial charge in [-0.25, -0.2) is 15.0 Å². The molecule has 4 aromatic rings. The van der Waals surface area contributed by atoms with Gasteiger partial charge in [-0.2, -0.15) is 10.1 Å². The number of allylic oxidation sites excluding steroid dienone is 1. The van der Waals surface area contributed by atoms with Crippen LogP contribution in [0.25, 0.3) is 16.6 Å². The molecule has 0 spiro atoms. The highest BCUT2D eigenvalue weighted by molar-refractivity contribution is 6.05. The van der Waals surface area contributed by atoms with E-state index in [1.807, 2.05) is 19.9 Å². The zero-order valence-electron chi connectivity index (χ0n) is 23.9. The molecule has 13 heteroatoms. The Labute approximate surface area is 243 Å². The van der Waals surface area contributed by atoms with Crippen LogP contribution >= 0.6 is 0 Å². The third kappa shape index (κ3) is 5.74.